The van der Waals surface area contributed by atoms with Crippen LogP contribution in [-0.4, -0.2) is 37.7 Å². The fourth-order valence-electron chi connectivity index (χ4n) is 2.08. The summed E-state index contributed by atoms with van der Waals surface area (Å²) in [5.74, 6) is 0. The molecule has 1 fully saturated rings. The molecule has 18 heavy (non-hydrogen) atoms. The largest absolute Gasteiger partial charge is 0.377 e. The zero-order valence-electron chi connectivity index (χ0n) is 10.3. The van der Waals surface area contributed by atoms with Crippen molar-refractivity contribution in [3.8, 4) is 0 Å². The number of halogens is 1. The van der Waals surface area contributed by atoms with Crippen LogP contribution in [0.15, 0.2) is 12.1 Å². The minimum absolute atomic E-state index is 0.232. The van der Waals surface area contributed by atoms with Crippen LogP contribution in [0.5, 0.6) is 0 Å². The molecule has 1 aromatic rings. The fourth-order valence-corrected chi connectivity index (χ4v) is 5.04. The Morgan fingerprint density at radius 3 is 2.78 bits per heavy atom. The van der Waals surface area contributed by atoms with Crippen LogP contribution in [-0.2, 0) is 21.3 Å². The summed E-state index contributed by atoms with van der Waals surface area (Å²) in [7, 11) is -1.70. The standard InChI is InChI=1S/C11H16ClNO3S2/c1-8-10(5-6-16-8)18(14,15)13(2)7-9-3-4-11(12)17-9/h3-4,8,10H,5-7H2,1-2H3/t8-,10+/m0/s1. The molecule has 4 nitrogen and oxygen atoms in total. The lowest BCUT2D eigenvalue weighted by atomic mass is 10.3. The van der Waals surface area contributed by atoms with Crippen LogP contribution in [0.3, 0.4) is 0 Å². The predicted molar refractivity (Wildman–Crippen MR) is 73.5 cm³/mol. The molecule has 0 bridgehead atoms. The zero-order chi connectivity index (χ0) is 13.3. The molecule has 0 saturated carbocycles. The van der Waals surface area contributed by atoms with E-state index in [1.165, 1.54) is 15.6 Å². The monoisotopic (exact) mass is 309 g/mol. The van der Waals surface area contributed by atoms with Crippen molar-refractivity contribution in [2.45, 2.75) is 31.2 Å². The van der Waals surface area contributed by atoms with E-state index in [1.807, 2.05) is 13.0 Å². The lowest BCUT2D eigenvalue weighted by molar-refractivity contribution is 0.125. The Morgan fingerprint density at radius 1 is 1.56 bits per heavy atom. The molecule has 0 radical (unpaired) electrons. The van der Waals surface area contributed by atoms with Crippen LogP contribution in [0.1, 0.15) is 18.2 Å². The average molecular weight is 310 g/mol. The van der Waals surface area contributed by atoms with Crippen LogP contribution in [0.4, 0.5) is 0 Å². The van der Waals surface area contributed by atoms with Crippen molar-refractivity contribution in [3.05, 3.63) is 21.3 Å². The van der Waals surface area contributed by atoms with E-state index in [0.29, 0.717) is 23.9 Å². The minimum atomic E-state index is -3.30. The van der Waals surface area contributed by atoms with Gasteiger partial charge in [-0.25, -0.2) is 8.42 Å². The second kappa shape index (κ2) is 5.46. The number of nitrogens with zero attached hydrogens (tertiary/aromatic N) is 1. The van der Waals surface area contributed by atoms with E-state index < -0.39 is 15.3 Å². The molecule has 1 aromatic heterocycles. The highest BCUT2D eigenvalue weighted by Gasteiger charge is 2.38. The number of sulfonamides is 1. The first-order valence-corrected chi connectivity index (χ1v) is 8.42. The smallest absolute Gasteiger partial charge is 0.219 e. The van der Waals surface area contributed by atoms with Gasteiger partial charge in [0, 0.05) is 25.1 Å². The lowest BCUT2D eigenvalue weighted by Crippen LogP contribution is -2.39. The third-order valence-electron chi connectivity index (χ3n) is 3.13. The van der Waals surface area contributed by atoms with Gasteiger partial charge in [0.15, 0.2) is 0 Å². The van der Waals surface area contributed by atoms with Crippen molar-refractivity contribution in [1.82, 2.24) is 4.31 Å². The first-order chi connectivity index (χ1) is 8.41. The molecule has 2 rings (SSSR count). The van der Waals surface area contributed by atoms with E-state index in [1.54, 1.807) is 13.1 Å². The summed E-state index contributed by atoms with van der Waals surface area (Å²) in [6, 6.07) is 3.64. The summed E-state index contributed by atoms with van der Waals surface area (Å²) in [5.41, 5.74) is 0. The van der Waals surface area contributed by atoms with Gasteiger partial charge in [0.05, 0.1) is 10.4 Å². The van der Waals surface area contributed by atoms with Gasteiger partial charge in [-0.1, -0.05) is 11.6 Å². The van der Waals surface area contributed by atoms with Gasteiger partial charge in [-0.2, -0.15) is 4.31 Å². The van der Waals surface area contributed by atoms with Gasteiger partial charge in [-0.05, 0) is 25.5 Å². The maximum absolute atomic E-state index is 12.4. The summed E-state index contributed by atoms with van der Waals surface area (Å²) in [4.78, 5) is 0.942. The van der Waals surface area contributed by atoms with E-state index in [-0.39, 0.29) is 6.10 Å². The summed E-state index contributed by atoms with van der Waals surface area (Å²) in [6.45, 7) is 2.69. The summed E-state index contributed by atoms with van der Waals surface area (Å²) < 4.78 is 32.1. The topological polar surface area (TPSA) is 46.6 Å². The van der Waals surface area contributed by atoms with Crippen molar-refractivity contribution < 1.29 is 13.2 Å². The van der Waals surface area contributed by atoms with Crippen LogP contribution in [0.25, 0.3) is 0 Å². The minimum Gasteiger partial charge on any atom is -0.377 e. The van der Waals surface area contributed by atoms with Gasteiger partial charge >= 0.3 is 0 Å². The van der Waals surface area contributed by atoms with Crippen molar-refractivity contribution in [2.75, 3.05) is 13.7 Å². The fraction of sp³-hybridized carbons (Fsp3) is 0.636. The Kier molecular flexibility index (Phi) is 4.33. The highest BCUT2D eigenvalue weighted by atomic mass is 35.5. The van der Waals surface area contributed by atoms with E-state index in [4.69, 9.17) is 16.3 Å². The maximum atomic E-state index is 12.4. The molecule has 1 aliphatic heterocycles. The molecule has 2 atom stereocenters. The molecule has 0 N–H and O–H groups in total. The highest BCUT2D eigenvalue weighted by Crippen LogP contribution is 2.27. The van der Waals surface area contributed by atoms with E-state index in [2.05, 4.69) is 0 Å². The Morgan fingerprint density at radius 2 is 2.28 bits per heavy atom. The number of ether oxygens (including phenoxy) is 1. The van der Waals surface area contributed by atoms with E-state index in [9.17, 15) is 8.42 Å². The molecule has 0 unspecified atom stereocenters. The Bertz CT molecular complexity index is 514. The first-order valence-electron chi connectivity index (χ1n) is 5.72. The molecular weight excluding hydrogens is 294 g/mol. The predicted octanol–water partition coefficient (Wildman–Crippen LogP) is 2.34. The van der Waals surface area contributed by atoms with Crippen LogP contribution in [0.2, 0.25) is 4.34 Å². The molecule has 1 aliphatic rings. The van der Waals surface area contributed by atoms with Crippen molar-refractivity contribution >= 4 is 33.0 Å². The van der Waals surface area contributed by atoms with Crippen molar-refractivity contribution in [2.24, 2.45) is 0 Å². The zero-order valence-corrected chi connectivity index (χ0v) is 12.7. The van der Waals surface area contributed by atoms with Crippen molar-refractivity contribution in [3.63, 3.8) is 0 Å². The summed E-state index contributed by atoms with van der Waals surface area (Å²) >= 11 is 7.24. The third-order valence-corrected chi connectivity index (χ3v) is 6.73. The molecular formula is C11H16ClNO3S2. The second-order valence-electron chi connectivity index (χ2n) is 4.41. The molecule has 0 spiro atoms. The van der Waals surface area contributed by atoms with Gasteiger partial charge in [-0.15, -0.1) is 11.3 Å². The van der Waals surface area contributed by atoms with E-state index in [0.717, 1.165) is 4.88 Å². The highest BCUT2D eigenvalue weighted by molar-refractivity contribution is 7.89. The number of thiophene rings is 1. The van der Waals surface area contributed by atoms with Crippen molar-refractivity contribution in [1.29, 1.82) is 0 Å². The molecule has 1 saturated heterocycles. The number of hydrogen-bond acceptors (Lipinski definition) is 4. The van der Waals surface area contributed by atoms with Crippen LogP contribution < -0.4 is 0 Å². The van der Waals surface area contributed by atoms with Gasteiger partial charge < -0.3 is 4.74 Å². The molecule has 0 amide bonds. The second-order valence-corrected chi connectivity index (χ2v) is 8.47. The summed E-state index contributed by atoms with van der Waals surface area (Å²) in [6.07, 6.45) is 0.336. The maximum Gasteiger partial charge on any atom is 0.219 e. The number of rotatable bonds is 4. The number of hydrogen-bond donors (Lipinski definition) is 0. The Hall–Kier alpha value is -0.140. The molecule has 102 valence electrons. The van der Waals surface area contributed by atoms with Gasteiger partial charge in [-0.3, -0.25) is 0 Å². The van der Waals surface area contributed by atoms with Gasteiger partial charge in [0.25, 0.3) is 0 Å². The first kappa shape index (κ1) is 14.3. The SMILES string of the molecule is C[C@@H]1OCC[C@H]1S(=O)(=O)N(C)Cc1ccc(Cl)s1. The molecule has 2 heterocycles. The van der Waals surface area contributed by atoms with E-state index >= 15 is 0 Å². The van der Waals surface area contributed by atoms with Crippen LogP contribution in [0, 0.1) is 0 Å². The quantitative estimate of drug-likeness (QED) is 0.857. The van der Waals surface area contributed by atoms with Crippen LogP contribution >= 0.6 is 22.9 Å². The Balaban J connectivity index is 2.10. The molecule has 0 aromatic carbocycles. The Labute approximate surface area is 117 Å². The lowest BCUT2D eigenvalue weighted by Gasteiger charge is -2.22. The third kappa shape index (κ3) is 2.88. The summed E-state index contributed by atoms with van der Waals surface area (Å²) in [5, 5.41) is -0.432. The average Bonchev–Trinajstić information content (AvgIpc) is 2.87. The van der Waals surface area contributed by atoms with Gasteiger partial charge in [0.1, 0.15) is 5.25 Å². The van der Waals surface area contributed by atoms with Gasteiger partial charge in [0.2, 0.25) is 10.0 Å². The normalized spacial score (nSPS) is 24.9. The molecule has 7 heteroatoms. The molecule has 0 aliphatic carbocycles.